The topological polar surface area (TPSA) is 54.4 Å². The van der Waals surface area contributed by atoms with Crippen LogP contribution in [0.25, 0.3) is 0 Å². The van der Waals surface area contributed by atoms with Crippen molar-refractivity contribution < 1.29 is 14.7 Å². The second kappa shape index (κ2) is 2.34. The van der Waals surface area contributed by atoms with Gasteiger partial charge in [-0.05, 0) is 0 Å². The maximum atomic E-state index is 9.91. The van der Waals surface area contributed by atoms with Gasteiger partial charge in [0.1, 0.15) is 0 Å². The molecule has 0 rings (SSSR count). The van der Waals surface area contributed by atoms with Crippen molar-refractivity contribution in [2.75, 3.05) is 0 Å². The van der Waals surface area contributed by atoms with Crippen LogP contribution in [0.3, 0.4) is 0 Å². The quantitative estimate of drug-likeness (QED) is 0.506. The first-order chi connectivity index (χ1) is 3.18. The minimum atomic E-state index is -1.34. The molecule has 0 aliphatic heterocycles. The highest BCUT2D eigenvalue weighted by Gasteiger charge is 2.05. The van der Waals surface area contributed by atoms with Gasteiger partial charge in [0.2, 0.25) is 5.78 Å². The van der Waals surface area contributed by atoms with Crippen LogP contribution in [0.4, 0.5) is 0 Å². The highest BCUT2D eigenvalue weighted by molar-refractivity contribution is 6.32. The molecule has 0 unspecified atom stereocenters. The minimum absolute atomic E-state index is 0.0787. The number of rotatable bonds is 2. The minimum Gasteiger partial charge on any atom is -0.476 e. The van der Waals surface area contributed by atoms with Gasteiger partial charge < -0.3 is 5.11 Å². The highest BCUT2D eigenvalue weighted by atomic mass is 16.4. The van der Waals surface area contributed by atoms with Crippen molar-refractivity contribution in [2.45, 2.75) is 13.3 Å². The Morgan fingerprint density at radius 3 is 2.00 bits per heavy atom. The second-order valence-electron chi connectivity index (χ2n) is 1.08. The van der Waals surface area contributed by atoms with Crippen LogP contribution in [0.5, 0.6) is 0 Å². The molecule has 0 bridgehead atoms. The molecule has 0 aromatic rings. The molecule has 0 heterocycles. The molecule has 0 atom stereocenters. The van der Waals surface area contributed by atoms with Crippen molar-refractivity contribution in [3.63, 3.8) is 0 Å². The van der Waals surface area contributed by atoms with E-state index in [1.165, 1.54) is 6.92 Å². The van der Waals surface area contributed by atoms with Gasteiger partial charge in [0.25, 0.3) is 0 Å². The van der Waals surface area contributed by atoms with Crippen LogP contribution in [0, 0.1) is 0 Å². The number of hydrogen-bond donors (Lipinski definition) is 1. The zero-order valence-electron chi connectivity index (χ0n) is 3.97. The number of carbonyl (C=O) groups is 2. The number of hydrogen-bond acceptors (Lipinski definition) is 2. The first-order valence-electron chi connectivity index (χ1n) is 1.94. The molecule has 7 heavy (non-hydrogen) atoms. The Morgan fingerprint density at radius 1 is 1.57 bits per heavy atom. The van der Waals surface area contributed by atoms with Crippen LogP contribution >= 0.6 is 0 Å². The summed E-state index contributed by atoms with van der Waals surface area (Å²) in [5.41, 5.74) is 0. The van der Waals surface area contributed by atoms with E-state index in [0.717, 1.165) is 0 Å². The Balaban J connectivity index is 3.58. The van der Waals surface area contributed by atoms with Gasteiger partial charge in [0.15, 0.2) is 0 Å². The summed E-state index contributed by atoms with van der Waals surface area (Å²) in [6, 6.07) is 0. The van der Waals surface area contributed by atoms with E-state index in [0.29, 0.717) is 0 Å². The maximum Gasteiger partial charge on any atom is 0.372 e. The smallest absolute Gasteiger partial charge is 0.372 e. The summed E-state index contributed by atoms with van der Waals surface area (Å²) in [5.74, 6) is -2.08. The molecule has 3 nitrogen and oxygen atoms in total. The number of carboxylic acids is 1. The lowest BCUT2D eigenvalue weighted by molar-refractivity contribution is -0.148. The van der Waals surface area contributed by atoms with E-state index in [9.17, 15) is 9.59 Å². The van der Waals surface area contributed by atoms with Crippen LogP contribution in [0.15, 0.2) is 0 Å². The van der Waals surface area contributed by atoms with Crippen LogP contribution in [0.2, 0.25) is 0 Å². The van der Waals surface area contributed by atoms with Gasteiger partial charge in [-0.2, -0.15) is 0 Å². The fraction of sp³-hybridized carbons (Fsp3) is 0.500. The second-order valence-corrected chi connectivity index (χ2v) is 1.08. The van der Waals surface area contributed by atoms with Crippen molar-refractivity contribution in [3.05, 3.63) is 0 Å². The highest BCUT2D eigenvalue weighted by Crippen LogP contribution is 1.76. The maximum absolute atomic E-state index is 9.91. The summed E-state index contributed by atoms with van der Waals surface area (Å²) >= 11 is 0. The fourth-order valence-corrected chi connectivity index (χ4v) is 0.151. The summed E-state index contributed by atoms with van der Waals surface area (Å²) in [5, 5.41) is 7.83. The van der Waals surface area contributed by atoms with Gasteiger partial charge in [-0.15, -0.1) is 0 Å². The molecule has 0 aliphatic rings. The van der Waals surface area contributed by atoms with Crippen molar-refractivity contribution in [2.24, 2.45) is 0 Å². The number of carbonyl (C=O) groups excluding carboxylic acids is 1. The molecule has 0 amide bonds. The van der Waals surface area contributed by atoms with E-state index in [1.54, 1.807) is 0 Å². The molecule has 3 heteroatoms. The third-order valence-electron chi connectivity index (χ3n) is 0.560. The van der Waals surface area contributed by atoms with E-state index >= 15 is 0 Å². The predicted octanol–water partition coefficient (Wildman–Crippen LogP) is 0.0501. The molecule has 0 aromatic heterocycles. The van der Waals surface area contributed by atoms with E-state index in [4.69, 9.17) is 5.11 Å². The zero-order chi connectivity index (χ0) is 5.86. The Morgan fingerprint density at radius 2 is 2.00 bits per heavy atom. The zero-order valence-corrected chi connectivity index (χ0v) is 3.97. The third-order valence-corrected chi connectivity index (χ3v) is 0.560. The first-order valence-corrected chi connectivity index (χ1v) is 1.94. The molecule has 40 valence electrons. The Hall–Kier alpha value is -0.860. The van der Waals surface area contributed by atoms with Gasteiger partial charge >= 0.3 is 5.97 Å². The standard InChI is InChI=1S/C4H6O3/c1-2-3(5)4(6)7/h2H2,1H3,(H,6,7)/i1+2,2+2. The average molecular weight is 106 g/mol. The average Bonchev–Trinajstić information content (AvgIpc) is 1.65. The number of Topliss-reactive ketones (excluding diaryl/α,β-unsaturated/α-hetero) is 1. The Bertz CT molecular complexity index is 95.1. The van der Waals surface area contributed by atoms with Crippen molar-refractivity contribution in [1.29, 1.82) is 0 Å². The molecule has 0 saturated heterocycles. The molecular formula is C4H6O3. The van der Waals surface area contributed by atoms with Crippen LogP contribution in [0.1, 0.15) is 13.3 Å². The van der Waals surface area contributed by atoms with E-state index in [1.807, 2.05) is 0 Å². The van der Waals surface area contributed by atoms with Gasteiger partial charge in [-0.3, -0.25) is 4.79 Å². The van der Waals surface area contributed by atoms with E-state index in [2.05, 4.69) is 0 Å². The molecule has 0 aliphatic carbocycles. The molecule has 0 fully saturated rings. The third kappa shape index (κ3) is 1.92. The molecule has 0 radical (unpaired) electrons. The lowest BCUT2D eigenvalue weighted by Gasteiger charge is -1.80. The summed E-state index contributed by atoms with van der Waals surface area (Å²) < 4.78 is 0. The summed E-state index contributed by atoms with van der Waals surface area (Å²) in [6.07, 6.45) is 0.0787. The molecular weight excluding hydrogens is 100 g/mol. The number of aliphatic carboxylic acids is 1. The SMILES string of the molecule is [14CH3][14CH2]C(=O)C(=O)O. The predicted molar refractivity (Wildman–Crippen MR) is 22.9 cm³/mol. The van der Waals surface area contributed by atoms with Crippen LogP contribution in [-0.2, 0) is 9.59 Å². The van der Waals surface area contributed by atoms with Gasteiger partial charge in [-0.25, -0.2) is 4.79 Å². The Labute approximate surface area is 41.0 Å². The normalized spacial score (nSPS) is 8.14. The summed E-state index contributed by atoms with van der Waals surface area (Å²) in [7, 11) is 0. The fourth-order valence-electron chi connectivity index (χ4n) is 0.151. The van der Waals surface area contributed by atoms with Gasteiger partial charge in [-0.1, -0.05) is 6.92 Å². The van der Waals surface area contributed by atoms with Crippen LogP contribution in [-0.4, -0.2) is 16.9 Å². The van der Waals surface area contributed by atoms with Crippen LogP contribution < -0.4 is 0 Å². The lowest BCUT2D eigenvalue weighted by Crippen LogP contribution is -2.09. The van der Waals surface area contributed by atoms with Gasteiger partial charge in [0.05, 0.1) is 0 Å². The van der Waals surface area contributed by atoms with Crippen molar-refractivity contribution in [1.82, 2.24) is 0 Å². The monoisotopic (exact) mass is 106 g/mol. The van der Waals surface area contributed by atoms with Gasteiger partial charge in [0, 0.05) is 6.42 Å². The van der Waals surface area contributed by atoms with E-state index in [-0.39, 0.29) is 6.42 Å². The van der Waals surface area contributed by atoms with Crippen molar-refractivity contribution >= 4 is 11.8 Å². The number of ketones is 1. The van der Waals surface area contributed by atoms with Crippen molar-refractivity contribution in [3.8, 4) is 0 Å². The lowest BCUT2D eigenvalue weighted by atomic mass is 10.7. The molecule has 0 aromatic carbocycles. The molecule has 0 saturated carbocycles. The largest absolute Gasteiger partial charge is 0.476 e. The first kappa shape index (κ1) is 6.14. The molecule has 1 N–H and O–H groups in total. The summed E-state index contributed by atoms with van der Waals surface area (Å²) in [4.78, 5) is 19.5. The van der Waals surface area contributed by atoms with E-state index < -0.39 is 11.8 Å². The Kier molecular flexibility index (Phi) is 2.05. The number of carboxylic acid groups (broad SMARTS) is 1. The molecule has 0 spiro atoms. The summed E-state index contributed by atoms with van der Waals surface area (Å²) in [6.45, 7) is 1.51.